The van der Waals surface area contributed by atoms with Gasteiger partial charge in [-0.3, -0.25) is 4.79 Å². The molecule has 1 saturated heterocycles. The van der Waals surface area contributed by atoms with Crippen LogP contribution in [-0.4, -0.2) is 36.0 Å². The highest BCUT2D eigenvalue weighted by Crippen LogP contribution is 2.08. The molecule has 80 valence electrons. The van der Waals surface area contributed by atoms with E-state index in [1.54, 1.807) is 11.8 Å². The predicted molar refractivity (Wildman–Crippen MR) is 52.6 cm³/mol. The van der Waals surface area contributed by atoms with Gasteiger partial charge in [-0.25, -0.2) is 4.79 Å². The number of carbonyl (C=O) groups excluding carboxylic acids is 2. The Balaban J connectivity index is 2.36. The largest absolute Gasteiger partial charge is 0.368 e. The molecule has 0 aromatic rings. The zero-order valence-electron chi connectivity index (χ0n) is 8.45. The zero-order valence-corrected chi connectivity index (χ0v) is 8.45. The fourth-order valence-corrected chi connectivity index (χ4v) is 1.44. The first-order valence-corrected chi connectivity index (χ1v) is 4.96. The van der Waals surface area contributed by atoms with Gasteiger partial charge < -0.3 is 16.0 Å². The third-order valence-corrected chi connectivity index (χ3v) is 2.41. The van der Waals surface area contributed by atoms with Gasteiger partial charge in [-0.15, -0.1) is 0 Å². The molecular formula is C9H17N3O2. The normalized spacial score (nSPS) is 18.8. The summed E-state index contributed by atoms with van der Waals surface area (Å²) in [5.41, 5.74) is 5.04. The van der Waals surface area contributed by atoms with Gasteiger partial charge in [0.15, 0.2) is 0 Å². The van der Waals surface area contributed by atoms with Crippen molar-refractivity contribution in [1.29, 1.82) is 0 Å². The van der Waals surface area contributed by atoms with E-state index < -0.39 is 11.9 Å². The van der Waals surface area contributed by atoms with Crippen molar-refractivity contribution in [3.63, 3.8) is 0 Å². The molecule has 3 amide bonds. The molecule has 5 heteroatoms. The summed E-state index contributed by atoms with van der Waals surface area (Å²) in [5.74, 6) is -0.504. The van der Waals surface area contributed by atoms with Crippen LogP contribution in [0.2, 0.25) is 0 Å². The molecule has 1 aliphatic rings. The van der Waals surface area contributed by atoms with E-state index in [9.17, 15) is 9.59 Å². The smallest absolute Gasteiger partial charge is 0.318 e. The van der Waals surface area contributed by atoms with Crippen molar-refractivity contribution < 1.29 is 9.59 Å². The summed E-state index contributed by atoms with van der Waals surface area (Å²) in [6.07, 6.45) is 3.26. The number of primary amides is 1. The summed E-state index contributed by atoms with van der Waals surface area (Å²) >= 11 is 0. The first kappa shape index (κ1) is 10.8. The lowest BCUT2D eigenvalue weighted by Gasteiger charge is -2.27. The number of hydrogen-bond acceptors (Lipinski definition) is 2. The van der Waals surface area contributed by atoms with Crippen molar-refractivity contribution in [2.45, 2.75) is 32.2 Å². The number of urea groups is 1. The summed E-state index contributed by atoms with van der Waals surface area (Å²) in [6, 6.07) is -0.777. The molecule has 1 rings (SSSR count). The van der Waals surface area contributed by atoms with E-state index in [0.29, 0.717) is 0 Å². The van der Waals surface area contributed by atoms with Gasteiger partial charge in [-0.05, 0) is 26.2 Å². The summed E-state index contributed by atoms with van der Waals surface area (Å²) in [5, 5.41) is 2.56. The average Bonchev–Trinajstić information content (AvgIpc) is 2.19. The van der Waals surface area contributed by atoms with Gasteiger partial charge in [0.05, 0.1) is 0 Å². The topological polar surface area (TPSA) is 75.4 Å². The van der Waals surface area contributed by atoms with E-state index in [1.807, 2.05) is 0 Å². The van der Waals surface area contributed by atoms with E-state index in [-0.39, 0.29) is 6.03 Å². The van der Waals surface area contributed by atoms with Crippen LogP contribution >= 0.6 is 0 Å². The van der Waals surface area contributed by atoms with Gasteiger partial charge in [-0.1, -0.05) is 0 Å². The molecule has 1 atom stereocenters. The highest BCUT2D eigenvalue weighted by atomic mass is 16.2. The van der Waals surface area contributed by atoms with Gasteiger partial charge in [0, 0.05) is 13.1 Å². The number of hydrogen-bond donors (Lipinski definition) is 2. The molecule has 1 heterocycles. The second-order valence-corrected chi connectivity index (χ2v) is 3.62. The molecule has 1 unspecified atom stereocenters. The van der Waals surface area contributed by atoms with Gasteiger partial charge in [0.25, 0.3) is 0 Å². The highest BCUT2D eigenvalue weighted by Gasteiger charge is 2.19. The third-order valence-electron chi connectivity index (χ3n) is 2.41. The molecule has 5 nitrogen and oxygen atoms in total. The lowest BCUT2D eigenvalue weighted by Crippen LogP contribution is -2.49. The highest BCUT2D eigenvalue weighted by molar-refractivity contribution is 5.85. The Morgan fingerprint density at radius 1 is 1.29 bits per heavy atom. The zero-order chi connectivity index (χ0) is 10.6. The number of amides is 3. The lowest BCUT2D eigenvalue weighted by atomic mass is 10.1. The van der Waals surface area contributed by atoms with Crippen LogP contribution in [0.4, 0.5) is 4.79 Å². The molecule has 0 bridgehead atoms. The Morgan fingerprint density at radius 2 is 1.86 bits per heavy atom. The quantitative estimate of drug-likeness (QED) is 0.659. The average molecular weight is 199 g/mol. The maximum atomic E-state index is 11.5. The third kappa shape index (κ3) is 2.90. The molecule has 0 spiro atoms. The molecule has 3 N–H and O–H groups in total. The number of piperidine rings is 1. The van der Waals surface area contributed by atoms with Gasteiger partial charge in [0.1, 0.15) is 6.04 Å². The van der Waals surface area contributed by atoms with E-state index in [2.05, 4.69) is 5.32 Å². The van der Waals surface area contributed by atoms with Crippen molar-refractivity contribution in [3.05, 3.63) is 0 Å². The maximum absolute atomic E-state index is 11.5. The van der Waals surface area contributed by atoms with Crippen LogP contribution in [0.5, 0.6) is 0 Å². The molecule has 0 aliphatic carbocycles. The molecule has 1 fully saturated rings. The lowest BCUT2D eigenvalue weighted by molar-refractivity contribution is -0.119. The van der Waals surface area contributed by atoms with E-state index >= 15 is 0 Å². The Morgan fingerprint density at radius 3 is 2.36 bits per heavy atom. The monoisotopic (exact) mass is 199 g/mol. The van der Waals surface area contributed by atoms with Crippen LogP contribution < -0.4 is 11.1 Å². The van der Waals surface area contributed by atoms with Gasteiger partial charge in [0.2, 0.25) is 5.91 Å². The van der Waals surface area contributed by atoms with Crippen molar-refractivity contribution in [2.24, 2.45) is 5.73 Å². The van der Waals surface area contributed by atoms with Crippen LogP contribution in [0, 0.1) is 0 Å². The summed E-state index contributed by atoms with van der Waals surface area (Å²) < 4.78 is 0. The number of nitrogens with two attached hydrogens (primary N) is 1. The predicted octanol–water partition coefficient (Wildman–Crippen LogP) is 0.0557. The number of carbonyl (C=O) groups is 2. The number of nitrogens with one attached hydrogen (secondary N) is 1. The van der Waals surface area contributed by atoms with Crippen molar-refractivity contribution in [2.75, 3.05) is 13.1 Å². The van der Waals surface area contributed by atoms with Crippen LogP contribution in [0.1, 0.15) is 26.2 Å². The fourth-order valence-electron chi connectivity index (χ4n) is 1.44. The van der Waals surface area contributed by atoms with E-state index in [0.717, 1.165) is 25.9 Å². The van der Waals surface area contributed by atoms with Crippen LogP contribution in [0.25, 0.3) is 0 Å². The number of rotatable bonds is 2. The van der Waals surface area contributed by atoms with Crippen LogP contribution in [0.3, 0.4) is 0 Å². The Kier molecular flexibility index (Phi) is 3.73. The van der Waals surface area contributed by atoms with Crippen molar-refractivity contribution >= 4 is 11.9 Å². The minimum Gasteiger partial charge on any atom is -0.368 e. The minimum atomic E-state index is -0.593. The number of likely N-dealkylation sites (tertiary alicyclic amines) is 1. The van der Waals surface area contributed by atoms with Gasteiger partial charge in [-0.2, -0.15) is 0 Å². The second-order valence-electron chi connectivity index (χ2n) is 3.62. The maximum Gasteiger partial charge on any atom is 0.318 e. The fraction of sp³-hybridized carbons (Fsp3) is 0.778. The first-order valence-electron chi connectivity index (χ1n) is 4.96. The van der Waals surface area contributed by atoms with Crippen LogP contribution in [-0.2, 0) is 4.79 Å². The Bertz CT molecular complexity index is 224. The Labute approximate surface area is 83.6 Å². The first-order chi connectivity index (χ1) is 6.61. The molecule has 0 aromatic carbocycles. The number of nitrogens with zero attached hydrogens (tertiary/aromatic N) is 1. The summed E-state index contributed by atoms with van der Waals surface area (Å²) in [4.78, 5) is 24.0. The summed E-state index contributed by atoms with van der Waals surface area (Å²) in [7, 11) is 0. The standard InChI is InChI=1S/C9H17N3O2/c1-7(8(10)13)11-9(14)12-5-3-2-4-6-12/h7H,2-6H2,1H3,(H2,10,13)(H,11,14). The molecule has 0 aromatic heterocycles. The molecule has 0 saturated carbocycles. The van der Waals surface area contributed by atoms with Crippen molar-refractivity contribution in [3.8, 4) is 0 Å². The molecule has 0 radical (unpaired) electrons. The SMILES string of the molecule is CC(NC(=O)N1CCCCC1)C(N)=O. The second kappa shape index (κ2) is 4.83. The van der Waals surface area contributed by atoms with Crippen LogP contribution in [0.15, 0.2) is 0 Å². The van der Waals surface area contributed by atoms with Crippen molar-refractivity contribution in [1.82, 2.24) is 10.2 Å². The Hall–Kier alpha value is -1.26. The van der Waals surface area contributed by atoms with E-state index in [1.165, 1.54) is 6.42 Å². The minimum absolute atomic E-state index is 0.184. The van der Waals surface area contributed by atoms with Gasteiger partial charge >= 0.3 is 6.03 Å². The summed E-state index contributed by atoms with van der Waals surface area (Å²) in [6.45, 7) is 3.14. The molecule has 14 heavy (non-hydrogen) atoms. The van der Waals surface area contributed by atoms with E-state index in [4.69, 9.17) is 5.73 Å². The molecule has 1 aliphatic heterocycles. The molecular weight excluding hydrogens is 182 g/mol.